The van der Waals surface area contributed by atoms with E-state index in [2.05, 4.69) is 20.6 Å². The molecule has 0 bridgehead atoms. The van der Waals surface area contributed by atoms with Crippen molar-refractivity contribution in [3.8, 4) is 5.69 Å². The van der Waals surface area contributed by atoms with Crippen LogP contribution in [0.15, 0.2) is 77.9 Å². The van der Waals surface area contributed by atoms with Crippen molar-refractivity contribution in [3.05, 3.63) is 89.0 Å². The fraction of sp³-hybridized carbons (Fsp3) is 0.0870. The van der Waals surface area contributed by atoms with Gasteiger partial charge in [0.1, 0.15) is 12.9 Å². The Morgan fingerprint density at radius 3 is 2.61 bits per heavy atom. The number of benzene rings is 3. The van der Waals surface area contributed by atoms with Gasteiger partial charge in [0.05, 0.1) is 5.69 Å². The molecule has 0 unspecified atom stereocenters. The number of hydrogen-bond donors (Lipinski definition) is 1. The Bertz CT molecular complexity index is 1480. The number of hydrogen-bond acceptors (Lipinski definition) is 5. The highest BCUT2D eigenvalue weighted by Crippen LogP contribution is 2.22. The molecule has 0 saturated carbocycles. The zero-order valence-corrected chi connectivity index (χ0v) is 16.7. The lowest BCUT2D eigenvalue weighted by molar-refractivity contribution is -0.116. The number of aryl methyl sites for hydroxylation is 1. The highest BCUT2D eigenvalue weighted by molar-refractivity contribution is 6.02. The molecule has 0 spiro atoms. The highest BCUT2D eigenvalue weighted by Gasteiger charge is 2.15. The van der Waals surface area contributed by atoms with Crippen LogP contribution in [0.1, 0.15) is 5.56 Å². The van der Waals surface area contributed by atoms with Crippen molar-refractivity contribution in [1.82, 2.24) is 24.5 Å². The minimum atomic E-state index is -0.420. The molecule has 0 atom stereocenters. The van der Waals surface area contributed by atoms with Crippen LogP contribution < -0.4 is 10.9 Å². The van der Waals surface area contributed by atoms with Crippen LogP contribution in [0.3, 0.4) is 0 Å². The summed E-state index contributed by atoms with van der Waals surface area (Å²) in [4.78, 5) is 29.8. The molecular formula is C23H18N6O2. The van der Waals surface area contributed by atoms with Gasteiger partial charge in [0.25, 0.3) is 5.56 Å². The van der Waals surface area contributed by atoms with Gasteiger partial charge in [-0.2, -0.15) is 4.68 Å². The topological polar surface area (TPSA) is 94.7 Å². The number of fused-ring (bicyclic) bond motifs is 2. The maximum Gasteiger partial charge on any atom is 0.284 e. The van der Waals surface area contributed by atoms with Gasteiger partial charge in [0, 0.05) is 11.1 Å². The van der Waals surface area contributed by atoms with Crippen LogP contribution >= 0.6 is 0 Å². The maximum absolute atomic E-state index is 12.9. The van der Waals surface area contributed by atoms with Crippen molar-refractivity contribution in [2.24, 2.45) is 0 Å². The first-order valence-corrected chi connectivity index (χ1v) is 9.76. The monoisotopic (exact) mass is 410 g/mol. The fourth-order valence-electron chi connectivity index (χ4n) is 3.50. The molecule has 8 heteroatoms. The lowest BCUT2D eigenvalue weighted by Gasteiger charge is -2.10. The predicted octanol–water partition coefficient (Wildman–Crippen LogP) is 3.08. The van der Waals surface area contributed by atoms with E-state index < -0.39 is 5.56 Å². The molecule has 31 heavy (non-hydrogen) atoms. The molecule has 2 aromatic heterocycles. The molecule has 5 rings (SSSR count). The van der Waals surface area contributed by atoms with E-state index in [0.29, 0.717) is 11.3 Å². The Kier molecular flexibility index (Phi) is 4.51. The number of rotatable bonds is 4. The van der Waals surface area contributed by atoms with E-state index in [9.17, 15) is 9.59 Å². The maximum atomic E-state index is 12.9. The quantitative estimate of drug-likeness (QED) is 0.491. The Morgan fingerprint density at radius 2 is 1.77 bits per heavy atom. The van der Waals surface area contributed by atoms with Gasteiger partial charge in [-0.05, 0) is 30.5 Å². The summed E-state index contributed by atoms with van der Waals surface area (Å²) in [6, 6.07) is 21.1. The SMILES string of the molecule is Cc1ccc(-n2nnc3c(=O)n(CC(=O)Nc4cccc5ccccc45)cnc32)cc1. The van der Waals surface area contributed by atoms with E-state index in [1.54, 1.807) is 0 Å². The Balaban J connectivity index is 1.43. The van der Waals surface area contributed by atoms with Crippen molar-refractivity contribution < 1.29 is 4.79 Å². The number of anilines is 1. The molecule has 152 valence electrons. The molecule has 1 N–H and O–H groups in total. The van der Waals surface area contributed by atoms with E-state index >= 15 is 0 Å². The van der Waals surface area contributed by atoms with Crippen molar-refractivity contribution >= 4 is 33.5 Å². The van der Waals surface area contributed by atoms with E-state index in [4.69, 9.17) is 0 Å². The lowest BCUT2D eigenvalue weighted by atomic mass is 10.1. The number of nitrogens with one attached hydrogen (secondary N) is 1. The summed E-state index contributed by atoms with van der Waals surface area (Å²) in [5, 5.41) is 12.9. The summed E-state index contributed by atoms with van der Waals surface area (Å²) in [6.45, 7) is 1.81. The summed E-state index contributed by atoms with van der Waals surface area (Å²) in [6.07, 6.45) is 1.35. The molecule has 0 aliphatic rings. The third kappa shape index (κ3) is 3.44. The Morgan fingerprint density at radius 1 is 1.00 bits per heavy atom. The van der Waals surface area contributed by atoms with Gasteiger partial charge in [0.2, 0.25) is 5.91 Å². The molecule has 0 saturated heterocycles. The largest absolute Gasteiger partial charge is 0.324 e. The van der Waals surface area contributed by atoms with Crippen molar-refractivity contribution in [1.29, 1.82) is 0 Å². The number of carbonyl (C=O) groups is 1. The second-order valence-corrected chi connectivity index (χ2v) is 7.26. The van der Waals surface area contributed by atoms with E-state index in [1.807, 2.05) is 73.7 Å². The van der Waals surface area contributed by atoms with Gasteiger partial charge in [-0.1, -0.05) is 59.3 Å². The van der Waals surface area contributed by atoms with Crippen LogP contribution in [0.5, 0.6) is 0 Å². The molecule has 0 aliphatic carbocycles. The molecular weight excluding hydrogens is 392 g/mol. The first-order chi connectivity index (χ1) is 15.1. The van der Waals surface area contributed by atoms with Gasteiger partial charge in [-0.3, -0.25) is 14.2 Å². The predicted molar refractivity (Wildman–Crippen MR) is 118 cm³/mol. The Hall–Kier alpha value is -4.33. The van der Waals surface area contributed by atoms with Crippen LogP contribution in [-0.2, 0) is 11.3 Å². The van der Waals surface area contributed by atoms with Crippen LogP contribution in [0.2, 0.25) is 0 Å². The zero-order chi connectivity index (χ0) is 21.4. The number of nitrogens with zero attached hydrogens (tertiary/aromatic N) is 5. The van der Waals surface area contributed by atoms with E-state index in [0.717, 1.165) is 22.0 Å². The standard InChI is InChI=1S/C23H18N6O2/c1-15-9-11-17(12-10-15)29-22-21(26-27-29)23(31)28(14-24-22)13-20(30)25-19-8-4-6-16-5-2-3-7-18(16)19/h2-12,14H,13H2,1H3,(H,25,30). The second kappa shape index (κ2) is 7.49. The van der Waals surface area contributed by atoms with Crippen molar-refractivity contribution in [2.75, 3.05) is 5.32 Å². The van der Waals surface area contributed by atoms with Gasteiger partial charge >= 0.3 is 0 Å². The summed E-state index contributed by atoms with van der Waals surface area (Å²) in [5.41, 5.74) is 2.60. The van der Waals surface area contributed by atoms with Crippen molar-refractivity contribution in [2.45, 2.75) is 13.5 Å². The van der Waals surface area contributed by atoms with Crippen LogP contribution in [0, 0.1) is 6.92 Å². The molecule has 2 heterocycles. The lowest BCUT2D eigenvalue weighted by Crippen LogP contribution is -2.28. The average Bonchev–Trinajstić information content (AvgIpc) is 3.21. The third-order valence-corrected chi connectivity index (χ3v) is 5.09. The van der Waals surface area contributed by atoms with Crippen molar-refractivity contribution in [3.63, 3.8) is 0 Å². The number of amides is 1. The molecule has 1 amide bonds. The van der Waals surface area contributed by atoms with Crippen LogP contribution in [0.25, 0.3) is 27.6 Å². The highest BCUT2D eigenvalue weighted by atomic mass is 16.2. The molecule has 8 nitrogen and oxygen atoms in total. The Labute approximate surface area is 176 Å². The molecule has 0 aliphatic heterocycles. The summed E-state index contributed by atoms with van der Waals surface area (Å²) in [5.74, 6) is -0.328. The normalized spacial score (nSPS) is 11.1. The number of carbonyl (C=O) groups excluding carboxylic acids is 1. The molecule has 0 radical (unpaired) electrons. The molecule has 0 fully saturated rings. The van der Waals surface area contributed by atoms with E-state index in [-0.39, 0.29) is 18.0 Å². The summed E-state index contributed by atoms with van der Waals surface area (Å²) in [7, 11) is 0. The third-order valence-electron chi connectivity index (χ3n) is 5.09. The minimum Gasteiger partial charge on any atom is -0.324 e. The van der Waals surface area contributed by atoms with E-state index in [1.165, 1.54) is 15.6 Å². The van der Waals surface area contributed by atoms with Crippen LogP contribution in [0.4, 0.5) is 5.69 Å². The minimum absolute atomic E-state index is 0.112. The van der Waals surface area contributed by atoms with Crippen LogP contribution in [-0.4, -0.2) is 30.5 Å². The molecule has 5 aromatic rings. The van der Waals surface area contributed by atoms with Gasteiger partial charge in [0.15, 0.2) is 11.2 Å². The van der Waals surface area contributed by atoms with Gasteiger partial charge < -0.3 is 5.32 Å². The molecule has 3 aromatic carbocycles. The zero-order valence-electron chi connectivity index (χ0n) is 16.7. The average molecular weight is 410 g/mol. The first-order valence-electron chi connectivity index (χ1n) is 9.76. The summed E-state index contributed by atoms with van der Waals surface area (Å²) >= 11 is 0. The number of aromatic nitrogens is 5. The fourth-order valence-corrected chi connectivity index (χ4v) is 3.50. The van der Waals surface area contributed by atoms with Gasteiger partial charge in [-0.25, -0.2) is 4.98 Å². The van der Waals surface area contributed by atoms with Gasteiger partial charge in [-0.15, -0.1) is 5.10 Å². The second-order valence-electron chi connectivity index (χ2n) is 7.26. The first kappa shape index (κ1) is 18.7. The smallest absolute Gasteiger partial charge is 0.284 e. The summed E-state index contributed by atoms with van der Waals surface area (Å²) < 4.78 is 2.74.